The van der Waals surface area contributed by atoms with E-state index in [4.69, 9.17) is 4.74 Å². The second-order valence-corrected chi connectivity index (χ2v) is 10.5. The van der Waals surface area contributed by atoms with Gasteiger partial charge in [0.05, 0.1) is 6.54 Å². The van der Waals surface area contributed by atoms with Crippen LogP contribution in [0.2, 0.25) is 0 Å². The fourth-order valence-corrected chi connectivity index (χ4v) is 4.75. The highest BCUT2D eigenvalue weighted by molar-refractivity contribution is 9.09. The molecular formula is C22H31BrN2O4. The summed E-state index contributed by atoms with van der Waals surface area (Å²) in [5.74, 6) is -0.112. The summed E-state index contributed by atoms with van der Waals surface area (Å²) in [5.41, 5.74) is 0.158. The fourth-order valence-electron chi connectivity index (χ4n) is 4.33. The summed E-state index contributed by atoms with van der Waals surface area (Å²) in [6.07, 6.45) is 10.0. The lowest BCUT2D eigenvalue weighted by Crippen LogP contribution is -2.50. The monoisotopic (exact) mass is 466 g/mol. The average molecular weight is 467 g/mol. The molecular weight excluding hydrogens is 436 g/mol. The van der Waals surface area contributed by atoms with Crippen LogP contribution in [0, 0.1) is 11.8 Å². The number of allylic oxidation sites excluding steroid dienone is 2. The third-order valence-corrected chi connectivity index (χ3v) is 6.59. The van der Waals surface area contributed by atoms with Gasteiger partial charge in [0.15, 0.2) is 5.78 Å². The molecule has 0 bridgehead atoms. The number of carbonyl (C=O) groups is 3. The number of rotatable bonds is 4. The number of Topliss-reactive ketones (excluding diaryl/α,β-unsaturated/α-hetero) is 1. The molecule has 0 aromatic heterocycles. The van der Waals surface area contributed by atoms with Crippen molar-refractivity contribution in [2.75, 3.05) is 13.1 Å². The largest absolute Gasteiger partial charge is 0.444 e. The van der Waals surface area contributed by atoms with E-state index < -0.39 is 17.7 Å². The summed E-state index contributed by atoms with van der Waals surface area (Å²) in [6, 6.07) is -0.633. The zero-order valence-electron chi connectivity index (χ0n) is 17.4. The van der Waals surface area contributed by atoms with E-state index in [0.717, 1.165) is 37.7 Å². The highest BCUT2D eigenvalue weighted by Gasteiger charge is 2.48. The van der Waals surface area contributed by atoms with Crippen molar-refractivity contribution in [2.45, 2.75) is 69.3 Å². The summed E-state index contributed by atoms with van der Waals surface area (Å²) in [7, 11) is 0. The number of likely N-dealkylation sites (tertiary alicyclic amines) is 1. The summed E-state index contributed by atoms with van der Waals surface area (Å²) in [4.78, 5) is 40.3. The Hall–Kier alpha value is -1.63. The van der Waals surface area contributed by atoms with E-state index >= 15 is 0 Å². The molecule has 0 aromatic carbocycles. The van der Waals surface area contributed by atoms with Crippen molar-refractivity contribution in [3.8, 4) is 0 Å². The first-order chi connectivity index (χ1) is 13.7. The van der Waals surface area contributed by atoms with Gasteiger partial charge in [-0.25, -0.2) is 4.79 Å². The standard InChI is InChI=1S/C22H31BrN2O4/c1-22(2,3)29-21(28)25-13-15-6-4-5-7-17(15)19(25)20(27)24-12-18(26)14-8-10-16(23)11-9-14/h5,7-8,15-17,19H,4,6,9-13H2,1-3H3,(H,24,27). The maximum Gasteiger partial charge on any atom is 0.411 e. The Morgan fingerprint density at radius 3 is 2.69 bits per heavy atom. The third kappa shape index (κ3) is 5.50. The van der Waals surface area contributed by atoms with Crippen LogP contribution in [0.25, 0.3) is 0 Å². The quantitative estimate of drug-likeness (QED) is 0.505. The number of halogens is 1. The smallest absolute Gasteiger partial charge is 0.411 e. The molecule has 2 amide bonds. The number of alkyl halides is 1. The normalized spacial score (nSPS) is 29.1. The van der Waals surface area contributed by atoms with Crippen LogP contribution in [-0.4, -0.2) is 52.2 Å². The highest BCUT2D eigenvalue weighted by Crippen LogP contribution is 2.38. The van der Waals surface area contributed by atoms with Crippen LogP contribution in [0.4, 0.5) is 4.79 Å². The van der Waals surface area contributed by atoms with Crippen LogP contribution >= 0.6 is 15.9 Å². The van der Waals surface area contributed by atoms with Crippen molar-refractivity contribution in [3.05, 3.63) is 23.8 Å². The zero-order valence-corrected chi connectivity index (χ0v) is 19.0. The number of carbonyl (C=O) groups excluding carboxylic acids is 3. The van der Waals surface area contributed by atoms with Gasteiger partial charge in [0, 0.05) is 17.3 Å². The van der Waals surface area contributed by atoms with Crippen molar-refractivity contribution in [1.29, 1.82) is 0 Å². The van der Waals surface area contributed by atoms with Crippen LogP contribution in [0.3, 0.4) is 0 Å². The molecule has 0 saturated carbocycles. The highest BCUT2D eigenvalue weighted by atomic mass is 79.9. The van der Waals surface area contributed by atoms with Gasteiger partial charge in [-0.1, -0.05) is 34.2 Å². The van der Waals surface area contributed by atoms with E-state index in [9.17, 15) is 14.4 Å². The molecule has 1 heterocycles. The number of ether oxygens (including phenoxy) is 1. The van der Waals surface area contributed by atoms with Gasteiger partial charge < -0.3 is 10.1 Å². The third-order valence-electron chi connectivity index (χ3n) is 5.76. The number of ketones is 1. The minimum absolute atomic E-state index is 0.0304. The molecule has 160 valence electrons. The molecule has 1 aliphatic heterocycles. The molecule has 1 N–H and O–H groups in total. The number of nitrogens with one attached hydrogen (secondary N) is 1. The Morgan fingerprint density at radius 1 is 1.28 bits per heavy atom. The van der Waals surface area contributed by atoms with Crippen molar-refractivity contribution in [1.82, 2.24) is 10.2 Å². The molecule has 0 radical (unpaired) electrons. The molecule has 4 atom stereocenters. The molecule has 6 nitrogen and oxygen atoms in total. The molecule has 7 heteroatoms. The van der Waals surface area contributed by atoms with Crippen LogP contribution in [0.1, 0.15) is 52.9 Å². The lowest BCUT2D eigenvalue weighted by Gasteiger charge is -2.29. The minimum atomic E-state index is -0.633. The van der Waals surface area contributed by atoms with Crippen molar-refractivity contribution < 1.29 is 19.1 Å². The van der Waals surface area contributed by atoms with Gasteiger partial charge in [-0.2, -0.15) is 0 Å². The number of amides is 2. The summed E-state index contributed by atoms with van der Waals surface area (Å²) in [6.45, 7) is 5.93. The van der Waals surface area contributed by atoms with E-state index in [1.165, 1.54) is 0 Å². The first kappa shape index (κ1) is 22.1. The Bertz CT molecular complexity index is 725. The van der Waals surface area contributed by atoms with Gasteiger partial charge in [0.25, 0.3) is 0 Å². The first-order valence-electron chi connectivity index (χ1n) is 10.5. The van der Waals surface area contributed by atoms with Crippen LogP contribution < -0.4 is 5.32 Å². The lowest BCUT2D eigenvalue weighted by molar-refractivity contribution is -0.128. The Morgan fingerprint density at radius 2 is 2.03 bits per heavy atom. The Labute approximate surface area is 181 Å². The van der Waals surface area contributed by atoms with E-state index in [1.807, 2.05) is 32.9 Å². The van der Waals surface area contributed by atoms with Gasteiger partial charge >= 0.3 is 6.09 Å². The van der Waals surface area contributed by atoms with Gasteiger partial charge in [0.1, 0.15) is 11.6 Å². The van der Waals surface area contributed by atoms with E-state index in [0.29, 0.717) is 11.4 Å². The van der Waals surface area contributed by atoms with Crippen molar-refractivity contribution >= 4 is 33.7 Å². The number of nitrogens with zero attached hydrogens (tertiary/aromatic N) is 1. The summed E-state index contributed by atoms with van der Waals surface area (Å²) < 4.78 is 5.54. The van der Waals surface area contributed by atoms with Crippen molar-refractivity contribution in [3.63, 3.8) is 0 Å². The fraction of sp³-hybridized carbons (Fsp3) is 0.682. The minimum Gasteiger partial charge on any atom is -0.444 e. The average Bonchev–Trinajstić information content (AvgIpc) is 3.05. The number of fused-ring (bicyclic) bond motifs is 1. The molecule has 29 heavy (non-hydrogen) atoms. The molecule has 4 unspecified atom stereocenters. The maximum atomic E-state index is 13.0. The summed E-state index contributed by atoms with van der Waals surface area (Å²) >= 11 is 3.56. The molecule has 1 fully saturated rings. The van der Waals surface area contributed by atoms with E-state index in [2.05, 4.69) is 27.3 Å². The van der Waals surface area contributed by atoms with Crippen LogP contribution in [0.5, 0.6) is 0 Å². The zero-order chi connectivity index (χ0) is 21.2. The molecule has 3 rings (SSSR count). The molecule has 0 aromatic rings. The number of hydrogen-bond donors (Lipinski definition) is 1. The van der Waals surface area contributed by atoms with Gasteiger partial charge in [-0.05, 0) is 64.4 Å². The second-order valence-electron chi connectivity index (χ2n) is 9.16. The first-order valence-corrected chi connectivity index (χ1v) is 11.4. The number of hydrogen-bond acceptors (Lipinski definition) is 4. The predicted octanol–water partition coefficient (Wildman–Crippen LogP) is 3.75. The Kier molecular flexibility index (Phi) is 6.87. The molecule has 2 aliphatic carbocycles. The van der Waals surface area contributed by atoms with Gasteiger partial charge in [-0.3, -0.25) is 14.5 Å². The van der Waals surface area contributed by atoms with Crippen molar-refractivity contribution in [2.24, 2.45) is 11.8 Å². The van der Waals surface area contributed by atoms with E-state index in [1.54, 1.807) is 4.90 Å². The Balaban J connectivity index is 1.67. The van der Waals surface area contributed by atoms with Crippen LogP contribution in [-0.2, 0) is 14.3 Å². The molecule has 1 saturated heterocycles. The van der Waals surface area contributed by atoms with Crippen LogP contribution in [0.15, 0.2) is 23.8 Å². The maximum absolute atomic E-state index is 13.0. The summed E-state index contributed by atoms with van der Waals surface area (Å²) in [5, 5.41) is 2.79. The topological polar surface area (TPSA) is 75.7 Å². The lowest BCUT2D eigenvalue weighted by atomic mass is 9.83. The van der Waals surface area contributed by atoms with E-state index in [-0.39, 0.29) is 30.1 Å². The molecule has 3 aliphatic rings. The molecule has 0 spiro atoms. The van der Waals surface area contributed by atoms with Gasteiger partial charge in [-0.15, -0.1) is 0 Å². The second kappa shape index (κ2) is 9.02. The SMILES string of the molecule is CC(C)(C)OC(=O)N1CC2CCC=CC2C1C(=O)NCC(=O)C1=CCC(Br)CC1. The van der Waals surface area contributed by atoms with Gasteiger partial charge in [0.2, 0.25) is 5.91 Å². The predicted molar refractivity (Wildman–Crippen MR) is 115 cm³/mol.